The number of amides is 1. The molecule has 2 heterocycles. The second-order valence-corrected chi connectivity index (χ2v) is 9.44. The van der Waals surface area contributed by atoms with Gasteiger partial charge in [-0.15, -0.1) is 10.2 Å². The van der Waals surface area contributed by atoms with Crippen molar-refractivity contribution in [3.8, 4) is 17.1 Å². The van der Waals surface area contributed by atoms with Crippen molar-refractivity contribution in [2.45, 2.75) is 42.6 Å². The van der Waals surface area contributed by atoms with E-state index in [1.54, 1.807) is 12.4 Å². The van der Waals surface area contributed by atoms with E-state index < -0.39 is 0 Å². The Morgan fingerprint density at radius 3 is 2.70 bits per heavy atom. The summed E-state index contributed by atoms with van der Waals surface area (Å²) in [5.41, 5.74) is 4.38. The Morgan fingerprint density at radius 2 is 1.88 bits per heavy atom. The summed E-state index contributed by atoms with van der Waals surface area (Å²) < 4.78 is 1.99. The first kappa shape index (κ1) is 21.4. The Hall–Kier alpha value is -3.45. The molecule has 1 N–H and O–H groups in total. The zero-order chi connectivity index (χ0) is 22.6. The Kier molecular flexibility index (Phi) is 6.21. The Balaban J connectivity index is 1.39. The van der Waals surface area contributed by atoms with Crippen LogP contribution in [-0.4, -0.2) is 30.9 Å². The van der Waals surface area contributed by atoms with Gasteiger partial charge >= 0.3 is 0 Å². The summed E-state index contributed by atoms with van der Waals surface area (Å²) in [7, 11) is 0. The monoisotopic (exact) mass is 455 g/mol. The smallest absolute Gasteiger partial charge is 0.233 e. The van der Waals surface area contributed by atoms with Crippen LogP contribution in [-0.2, 0) is 11.2 Å². The standard InChI is InChI=1S/C26H25N5OS/c1-18(25(32)28-23-15-7-10-19-9-5-6-14-22(19)23)33-26-30-29-24(20-11-8-16-27-17-20)31(26)21-12-3-2-4-13-21/h2-6,8-9,11-14,16-18,23H,7,10,15H2,1H3,(H,28,32)/t18-,23-/m1/s1. The van der Waals surface area contributed by atoms with Gasteiger partial charge in [-0.05, 0) is 61.6 Å². The molecule has 0 saturated heterocycles. The average molecular weight is 456 g/mol. The molecule has 166 valence electrons. The molecule has 0 unspecified atom stereocenters. The van der Waals surface area contributed by atoms with Crippen LogP contribution in [0.25, 0.3) is 17.1 Å². The molecule has 4 aromatic rings. The summed E-state index contributed by atoms with van der Waals surface area (Å²) in [5.74, 6) is 0.706. The molecule has 6 nitrogen and oxygen atoms in total. The van der Waals surface area contributed by atoms with Crippen molar-refractivity contribution < 1.29 is 4.79 Å². The summed E-state index contributed by atoms with van der Waals surface area (Å²) in [4.78, 5) is 17.4. The number of pyridine rings is 1. The third-order valence-corrected chi connectivity index (χ3v) is 6.95. The molecule has 5 rings (SSSR count). The van der Waals surface area contributed by atoms with Crippen LogP contribution in [0.4, 0.5) is 0 Å². The minimum atomic E-state index is -0.326. The summed E-state index contributed by atoms with van der Waals surface area (Å²) in [5, 5.41) is 12.5. The molecule has 2 aromatic carbocycles. The second-order valence-electron chi connectivity index (χ2n) is 8.13. The number of aryl methyl sites for hydroxylation is 1. The van der Waals surface area contributed by atoms with Crippen molar-refractivity contribution >= 4 is 17.7 Å². The third-order valence-electron chi connectivity index (χ3n) is 5.90. The molecule has 1 aliphatic rings. The molecular formula is C26H25N5OS. The molecule has 0 spiro atoms. The van der Waals surface area contributed by atoms with Crippen LogP contribution >= 0.6 is 11.8 Å². The highest BCUT2D eigenvalue weighted by atomic mass is 32.2. The number of para-hydroxylation sites is 1. The number of hydrogen-bond acceptors (Lipinski definition) is 5. The number of benzene rings is 2. The van der Waals surface area contributed by atoms with E-state index in [1.165, 1.54) is 22.9 Å². The number of nitrogens with zero attached hydrogens (tertiary/aromatic N) is 4. The number of carbonyl (C=O) groups excluding carboxylic acids is 1. The lowest BCUT2D eigenvalue weighted by Crippen LogP contribution is -2.36. The summed E-state index contributed by atoms with van der Waals surface area (Å²) in [6, 6.07) is 22.3. The number of carbonyl (C=O) groups is 1. The lowest BCUT2D eigenvalue weighted by Gasteiger charge is -2.27. The van der Waals surface area contributed by atoms with Crippen molar-refractivity contribution in [1.82, 2.24) is 25.1 Å². The van der Waals surface area contributed by atoms with E-state index in [2.05, 4.69) is 38.7 Å². The SMILES string of the molecule is C[C@@H](Sc1nnc(-c2cccnc2)n1-c1ccccc1)C(=O)N[C@@H]1CCCc2ccccc21. The molecule has 0 saturated carbocycles. The zero-order valence-corrected chi connectivity index (χ0v) is 19.2. The van der Waals surface area contributed by atoms with E-state index >= 15 is 0 Å². The minimum Gasteiger partial charge on any atom is -0.348 e. The fraction of sp³-hybridized carbons (Fsp3) is 0.231. The van der Waals surface area contributed by atoms with Crippen molar-refractivity contribution in [2.75, 3.05) is 0 Å². The molecule has 0 radical (unpaired) electrons. The Bertz CT molecular complexity index is 1240. The quantitative estimate of drug-likeness (QED) is 0.414. The zero-order valence-electron chi connectivity index (χ0n) is 18.4. The molecule has 1 aliphatic carbocycles. The number of hydrogen-bond donors (Lipinski definition) is 1. The number of nitrogens with one attached hydrogen (secondary N) is 1. The van der Waals surface area contributed by atoms with Gasteiger partial charge in [-0.1, -0.05) is 54.2 Å². The van der Waals surface area contributed by atoms with Gasteiger partial charge in [0, 0.05) is 23.6 Å². The van der Waals surface area contributed by atoms with E-state index in [4.69, 9.17) is 0 Å². The van der Waals surface area contributed by atoms with E-state index in [1.807, 2.05) is 60.0 Å². The minimum absolute atomic E-state index is 0.00671. The predicted molar refractivity (Wildman–Crippen MR) is 130 cm³/mol. The van der Waals surface area contributed by atoms with Gasteiger partial charge in [0.05, 0.1) is 11.3 Å². The highest BCUT2D eigenvalue weighted by Crippen LogP contribution is 2.32. The average Bonchev–Trinajstić information content (AvgIpc) is 3.28. The molecular weight excluding hydrogens is 430 g/mol. The van der Waals surface area contributed by atoms with Crippen molar-refractivity contribution in [2.24, 2.45) is 0 Å². The molecule has 2 aromatic heterocycles. The van der Waals surface area contributed by atoms with Crippen LogP contribution in [0, 0.1) is 0 Å². The molecule has 0 aliphatic heterocycles. The predicted octanol–water partition coefficient (Wildman–Crippen LogP) is 5.00. The fourth-order valence-electron chi connectivity index (χ4n) is 4.24. The van der Waals surface area contributed by atoms with Gasteiger partial charge in [0.25, 0.3) is 0 Å². The van der Waals surface area contributed by atoms with E-state index in [9.17, 15) is 4.79 Å². The highest BCUT2D eigenvalue weighted by molar-refractivity contribution is 8.00. The van der Waals surface area contributed by atoms with Crippen LogP contribution < -0.4 is 5.32 Å². The van der Waals surface area contributed by atoms with Crippen molar-refractivity contribution in [1.29, 1.82) is 0 Å². The van der Waals surface area contributed by atoms with Crippen LogP contribution in [0.15, 0.2) is 84.3 Å². The van der Waals surface area contributed by atoms with Gasteiger partial charge in [0.15, 0.2) is 11.0 Å². The molecule has 0 bridgehead atoms. The maximum atomic E-state index is 13.2. The second kappa shape index (κ2) is 9.58. The lowest BCUT2D eigenvalue weighted by molar-refractivity contribution is -0.121. The van der Waals surface area contributed by atoms with E-state index in [0.717, 1.165) is 30.5 Å². The Morgan fingerprint density at radius 1 is 1.06 bits per heavy atom. The largest absolute Gasteiger partial charge is 0.348 e. The third kappa shape index (κ3) is 4.54. The lowest BCUT2D eigenvalue weighted by atomic mass is 9.88. The number of thioether (sulfide) groups is 1. The number of fused-ring (bicyclic) bond motifs is 1. The van der Waals surface area contributed by atoms with Gasteiger partial charge in [0.2, 0.25) is 5.91 Å². The topological polar surface area (TPSA) is 72.7 Å². The van der Waals surface area contributed by atoms with Gasteiger partial charge in [-0.25, -0.2) is 0 Å². The van der Waals surface area contributed by atoms with Crippen LogP contribution in [0.2, 0.25) is 0 Å². The van der Waals surface area contributed by atoms with Gasteiger partial charge in [-0.2, -0.15) is 0 Å². The normalized spacial score (nSPS) is 16.1. The van der Waals surface area contributed by atoms with Crippen LogP contribution in [0.3, 0.4) is 0 Å². The first-order chi connectivity index (χ1) is 16.2. The molecule has 7 heteroatoms. The Labute approximate surface area is 197 Å². The van der Waals surface area contributed by atoms with Crippen molar-refractivity contribution in [3.05, 3.63) is 90.3 Å². The molecule has 0 fully saturated rings. The van der Waals surface area contributed by atoms with Crippen LogP contribution in [0.5, 0.6) is 0 Å². The van der Waals surface area contributed by atoms with Crippen LogP contribution in [0.1, 0.15) is 36.9 Å². The summed E-state index contributed by atoms with van der Waals surface area (Å²) in [6.45, 7) is 1.92. The number of rotatable bonds is 6. The number of aromatic nitrogens is 4. The molecule has 33 heavy (non-hydrogen) atoms. The molecule has 1 amide bonds. The van der Waals surface area contributed by atoms with Gasteiger partial charge in [-0.3, -0.25) is 14.3 Å². The first-order valence-corrected chi connectivity index (χ1v) is 12.0. The summed E-state index contributed by atoms with van der Waals surface area (Å²) in [6.07, 6.45) is 6.63. The van der Waals surface area contributed by atoms with E-state index in [-0.39, 0.29) is 17.2 Å². The fourth-order valence-corrected chi connectivity index (χ4v) is 5.12. The maximum absolute atomic E-state index is 13.2. The molecule has 2 atom stereocenters. The summed E-state index contributed by atoms with van der Waals surface area (Å²) >= 11 is 1.42. The first-order valence-electron chi connectivity index (χ1n) is 11.2. The maximum Gasteiger partial charge on any atom is 0.233 e. The van der Waals surface area contributed by atoms with Gasteiger partial charge < -0.3 is 5.32 Å². The van der Waals surface area contributed by atoms with Gasteiger partial charge in [0.1, 0.15) is 0 Å². The highest BCUT2D eigenvalue weighted by Gasteiger charge is 2.26. The van der Waals surface area contributed by atoms with E-state index in [0.29, 0.717) is 11.0 Å². The van der Waals surface area contributed by atoms with Crippen molar-refractivity contribution in [3.63, 3.8) is 0 Å².